The summed E-state index contributed by atoms with van der Waals surface area (Å²) in [4.78, 5) is 18.3. The van der Waals surface area contributed by atoms with Crippen molar-refractivity contribution in [1.82, 2.24) is 9.97 Å². The molecule has 1 aromatic heterocycles. The second-order valence-corrected chi connectivity index (χ2v) is 2.61. The largest absolute Gasteiger partial charge is 0.504 e. The number of nitrogens with zero attached hydrogens (tertiary/aromatic N) is 2. The van der Waals surface area contributed by atoms with Gasteiger partial charge in [0.2, 0.25) is 0 Å². The minimum Gasteiger partial charge on any atom is -0.504 e. The summed E-state index contributed by atoms with van der Waals surface area (Å²) >= 11 is 0. The number of aromatic nitrogens is 2. The Labute approximate surface area is 81.1 Å². The molecule has 74 valence electrons. The van der Waals surface area contributed by atoms with Gasteiger partial charge in [-0.1, -0.05) is 0 Å². The second kappa shape index (κ2) is 4.96. The van der Waals surface area contributed by atoms with E-state index in [1.54, 1.807) is 12.4 Å². The molecular weight excluding hydrogens is 184 g/mol. The predicted octanol–water partition coefficient (Wildman–Crippen LogP) is 0.634. The number of rotatable bonds is 4. The lowest BCUT2D eigenvalue weighted by molar-refractivity contribution is -0.132. The van der Waals surface area contributed by atoms with Crippen LogP contribution in [0.15, 0.2) is 30.6 Å². The average molecular weight is 194 g/mol. The minimum atomic E-state index is -1.00. The normalized spacial score (nSPS) is 11.1. The number of carboxylic acid groups (broad SMARTS) is 1. The van der Waals surface area contributed by atoms with Crippen molar-refractivity contribution in [2.24, 2.45) is 0 Å². The Morgan fingerprint density at radius 1 is 1.57 bits per heavy atom. The SMILES string of the molecule is CO/C=C(/Cc1cncnc1)C(=O)O. The highest BCUT2D eigenvalue weighted by atomic mass is 16.5. The molecule has 14 heavy (non-hydrogen) atoms. The smallest absolute Gasteiger partial charge is 0.335 e. The summed E-state index contributed by atoms with van der Waals surface area (Å²) in [7, 11) is 1.41. The molecule has 0 spiro atoms. The Hall–Kier alpha value is -1.91. The van der Waals surface area contributed by atoms with E-state index in [0.29, 0.717) is 0 Å². The fourth-order valence-electron chi connectivity index (χ4n) is 0.951. The second-order valence-electron chi connectivity index (χ2n) is 2.61. The number of ether oxygens (including phenoxy) is 1. The van der Waals surface area contributed by atoms with E-state index >= 15 is 0 Å². The summed E-state index contributed by atoms with van der Waals surface area (Å²) in [6, 6.07) is 0. The van der Waals surface area contributed by atoms with Crippen LogP contribution in [-0.2, 0) is 16.0 Å². The molecule has 1 aromatic rings. The first kappa shape index (κ1) is 10.2. The van der Waals surface area contributed by atoms with Crippen LogP contribution in [-0.4, -0.2) is 28.2 Å². The van der Waals surface area contributed by atoms with E-state index in [1.165, 1.54) is 19.7 Å². The maximum atomic E-state index is 10.7. The predicted molar refractivity (Wildman–Crippen MR) is 48.5 cm³/mol. The molecule has 1 N–H and O–H groups in total. The molecule has 0 radical (unpaired) electrons. The molecule has 0 amide bonds. The number of hydrogen-bond acceptors (Lipinski definition) is 4. The highest BCUT2D eigenvalue weighted by Crippen LogP contribution is 2.05. The number of methoxy groups -OCH3 is 1. The van der Waals surface area contributed by atoms with Crippen LogP contribution in [0.2, 0.25) is 0 Å². The molecule has 0 aromatic carbocycles. The van der Waals surface area contributed by atoms with Crippen LogP contribution in [0.3, 0.4) is 0 Å². The highest BCUT2D eigenvalue weighted by Gasteiger charge is 2.08. The van der Waals surface area contributed by atoms with Crippen LogP contribution in [0.1, 0.15) is 5.56 Å². The standard InChI is InChI=1S/C9H10N2O3/c1-14-5-8(9(12)13)2-7-3-10-6-11-4-7/h3-6H,2H2,1H3,(H,12,13)/b8-5-. The minimum absolute atomic E-state index is 0.169. The highest BCUT2D eigenvalue weighted by molar-refractivity contribution is 5.86. The van der Waals surface area contributed by atoms with Crippen LogP contribution >= 0.6 is 0 Å². The van der Waals surface area contributed by atoms with E-state index in [9.17, 15) is 4.79 Å². The van der Waals surface area contributed by atoms with Gasteiger partial charge in [-0.2, -0.15) is 0 Å². The molecule has 0 bridgehead atoms. The van der Waals surface area contributed by atoms with Gasteiger partial charge >= 0.3 is 5.97 Å². The Balaban J connectivity index is 2.76. The van der Waals surface area contributed by atoms with Gasteiger partial charge in [0, 0.05) is 18.8 Å². The molecule has 0 aliphatic heterocycles. The molecule has 5 heteroatoms. The molecule has 0 saturated heterocycles. The fraction of sp³-hybridized carbons (Fsp3) is 0.222. The van der Waals surface area contributed by atoms with Crippen LogP contribution < -0.4 is 0 Å². The molecule has 0 aliphatic rings. The summed E-state index contributed by atoms with van der Waals surface area (Å²) in [6.07, 6.45) is 5.99. The molecule has 0 atom stereocenters. The van der Waals surface area contributed by atoms with Gasteiger partial charge in [0.05, 0.1) is 18.9 Å². The third kappa shape index (κ3) is 2.85. The first-order valence-corrected chi connectivity index (χ1v) is 3.93. The summed E-state index contributed by atoms with van der Waals surface area (Å²) in [5, 5.41) is 8.78. The zero-order valence-electron chi connectivity index (χ0n) is 7.67. The first-order valence-electron chi connectivity index (χ1n) is 3.93. The van der Waals surface area contributed by atoms with Crippen LogP contribution in [0, 0.1) is 0 Å². The number of carboxylic acids is 1. The Morgan fingerprint density at radius 3 is 2.71 bits per heavy atom. The van der Waals surface area contributed by atoms with E-state index in [1.807, 2.05) is 0 Å². The van der Waals surface area contributed by atoms with E-state index in [0.717, 1.165) is 5.56 Å². The van der Waals surface area contributed by atoms with Crippen molar-refractivity contribution in [2.75, 3.05) is 7.11 Å². The summed E-state index contributed by atoms with van der Waals surface area (Å²) in [5.41, 5.74) is 0.903. The molecule has 5 nitrogen and oxygen atoms in total. The van der Waals surface area contributed by atoms with Crippen LogP contribution in [0.5, 0.6) is 0 Å². The molecule has 1 heterocycles. The average Bonchev–Trinajstić information content (AvgIpc) is 2.18. The zero-order chi connectivity index (χ0) is 10.4. The molecule has 0 aliphatic carbocycles. The van der Waals surface area contributed by atoms with Gasteiger partial charge in [0.15, 0.2) is 0 Å². The molecule has 0 unspecified atom stereocenters. The number of aliphatic carboxylic acids is 1. The summed E-state index contributed by atoms with van der Waals surface area (Å²) in [6.45, 7) is 0. The molecule has 1 rings (SSSR count). The van der Waals surface area contributed by atoms with Gasteiger partial charge in [0.1, 0.15) is 6.33 Å². The van der Waals surface area contributed by atoms with Crippen molar-refractivity contribution >= 4 is 5.97 Å². The maximum Gasteiger partial charge on any atom is 0.335 e. The van der Waals surface area contributed by atoms with Gasteiger partial charge in [0.25, 0.3) is 0 Å². The monoisotopic (exact) mass is 194 g/mol. The van der Waals surface area contributed by atoms with Crippen molar-refractivity contribution in [1.29, 1.82) is 0 Å². The van der Waals surface area contributed by atoms with Crippen LogP contribution in [0.25, 0.3) is 0 Å². The van der Waals surface area contributed by atoms with Crippen molar-refractivity contribution in [2.45, 2.75) is 6.42 Å². The zero-order valence-corrected chi connectivity index (χ0v) is 7.67. The van der Waals surface area contributed by atoms with Gasteiger partial charge < -0.3 is 9.84 Å². The lowest BCUT2D eigenvalue weighted by Gasteiger charge is -2.00. The Kier molecular flexibility index (Phi) is 3.60. The summed E-state index contributed by atoms with van der Waals surface area (Å²) in [5.74, 6) is -1.00. The Bertz CT molecular complexity index is 335. The van der Waals surface area contributed by atoms with E-state index in [-0.39, 0.29) is 12.0 Å². The van der Waals surface area contributed by atoms with Crippen molar-refractivity contribution < 1.29 is 14.6 Å². The lowest BCUT2D eigenvalue weighted by Crippen LogP contribution is -2.04. The van der Waals surface area contributed by atoms with E-state index in [4.69, 9.17) is 5.11 Å². The van der Waals surface area contributed by atoms with Gasteiger partial charge in [-0.05, 0) is 5.56 Å². The third-order valence-electron chi connectivity index (χ3n) is 1.54. The lowest BCUT2D eigenvalue weighted by atomic mass is 10.1. The van der Waals surface area contributed by atoms with Gasteiger partial charge in [-0.25, -0.2) is 14.8 Å². The van der Waals surface area contributed by atoms with Crippen molar-refractivity contribution in [3.8, 4) is 0 Å². The summed E-state index contributed by atoms with van der Waals surface area (Å²) < 4.78 is 4.65. The van der Waals surface area contributed by atoms with Gasteiger partial charge in [-0.3, -0.25) is 0 Å². The third-order valence-corrected chi connectivity index (χ3v) is 1.54. The van der Waals surface area contributed by atoms with Gasteiger partial charge in [-0.15, -0.1) is 0 Å². The molecule has 0 fully saturated rings. The first-order chi connectivity index (χ1) is 6.74. The van der Waals surface area contributed by atoms with Crippen molar-refractivity contribution in [3.05, 3.63) is 36.1 Å². The number of carbonyl (C=O) groups is 1. The molecular formula is C9H10N2O3. The van der Waals surface area contributed by atoms with Crippen molar-refractivity contribution in [3.63, 3.8) is 0 Å². The van der Waals surface area contributed by atoms with E-state index < -0.39 is 5.97 Å². The Morgan fingerprint density at radius 2 is 2.21 bits per heavy atom. The maximum absolute atomic E-state index is 10.7. The number of hydrogen-bond donors (Lipinski definition) is 1. The van der Waals surface area contributed by atoms with Crippen LogP contribution in [0.4, 0.5) is 0 Å². The fourth-order valence-corrected chi connectivity index (χ4v) is 0.951. The quantitative estimate of drug-likeness (QED) is 0.562. The molecule has 0 saturated carbocycles. The van der Waals surface area contributed by atoms with E-state index in [2.05, 4.69) is 14.7 Å². The topological polar surface area (TPSA) is 72.3 Å².